The van der Waals surface area contributed by atoms with E-state index in [1.807, 2.05) is 0 Å². The number of rotatable bonds is 5. The van der Waals surface area contributed by atoms with Crippen molar-refractivity contribution in [3.8, 4) is 11.3 Å². The first-order chi connectivity index (χ1) is 13.5. The predicted molar refractivity (Wildman–Crippen MR) is 105 cm³/mol. The highest BCUT2D eigenvalue weighted by Crippen LogP contribution is 2.26. The number of nitrogens with one attached hydrogen (secondary N) is 1. The van der Waals surface area contributed by atoms with Crippen LogP contribution in [0.4, 0.5) is 5.69 Å². The van der Waals surface area contributed by atoms with E-state index in [0.29, 0.717) is 41.0 Å². The topological polar surface area (TPSA) is 97.8 Å². The van der Waals surface area contributed by atoms with Gasteiger partial charge in [0.1, 0.15) is 17.2 Å². The summed E-state index contributed by atoms with van der Waals surface area (Å²) in [5.74, 6) is 0.811. The van der Waals surface area contributed by atoms with E-state index in [1.165, 1.54) is 17.0 Å². The van der Waals surface area contributed by atoms with Crippen molar-refractivity contribution in [2.24, 2.45) is 0 Å². The fourth-order valence-corrected chi connectivity index (χ4v) is 3.47. The number of hydrogen-bond donors (Lipinski definition) is 1. The molecular weight excluding hydrogens is 382 g/mol. The molecule has 2 aliphatic rings. The fourth-order valence-electron chi connectivity index (χ4n) is 3.20. The van der Waals surface area contributed by atoms with Crippen molar-refractivity contribution in [2.45, 2.75) is 18.9 Å². The van der Waals surface area contributed by atoms with E-state index in [0.717, 1.165) is 12.8 Å². The van der Waals surface area contributed by atoms with Crippen LogP contribution in [0.25, 0.3) is 17.4 Å². The monoisotopic (exact) mass is 399 g/mol. The van der Waals surface area contributed by atoms with Gasteiger partial charge in [-0.05, 0) is 49.3 Å². The molecule has 144 valence electrons. The number of nitro benzene ring substituents is 1. The van der Waals surface area contributed by atoms with Gasteiger partial charge >= 0.3 is 0 Å². The van der Waals surface area contributed by atoms with Gasteiger partial charge in [0.2, 0.25) is 0 Å². The number of carbonyl (C=O) groups excluding carboxylic acids is 1. The third-order valence-corrected chi connectivity index (χ3v) is 4.97. The molecule has 1 unspecified atom stereocenters. The molecule has 1 aromatic carbocycles. The summed E-state index contributed by atoms with van der Waals surface area (Å²) in [5.41, 5.74) is 1.06. The number of carbonyl (C=O) groups is 1. The summed E-state index contributed by atoms with van der Waals surface area (Å²) in [6.45, 7) is 1.15. The SMILES string of the molecule is O=C1/C(=C/c2ccc(-c3ccc([N+](=O)[O-])cc3)o2)NC(=S)N1CC1CCCO1. The lowest BCUT2D eigenvalue weighted by Gasteiger charge is -2.18. The number of non-ortho nitro benzene ring substituents is 1. The van der Waals surface area contributed by atoms with Crippen LogP contribution in [-0.2, 0) is 9.53 Å². The number of ether oxygens (including phenoxy) is 1. The van der Waals surface area contributed by atoms with Crippen molar-refractivity contribution in [1.82, 2.24) is 10.2 Å². The number of nitrogens with zero attached hydrogens (tertiary/aromatic N) is 2. The fraction of sp³-hybridized carbons (Fsp3) is 0.263. The second kappa shape index (κ2) is 7.53. The zero-order chi connectivity index (χ0) is 19.7. The van der Waals surface area contributed by atoms with Gasteiger partial charge in [0, 0.05) is 30.4 Å². The Labute approximate surface area is 165 Å². The van der Waals surface area contributed by atoms with Gasteiger partial charge in [-0.25, -0.2) is 0 Å². The van der Waals surface area contributed by atoms with Crippen LogP contribution in [0.3, 0.4) is 0 Å². The van der Waals surface area contributed by atoms with Crippen LogP contribution in [0.15, 0.2) is 46.5 Å². The molecule has 0 spiro atoms. The zero-order valence-electron chi connectivity index (χ0n) is 14.8. The van der Waals surface area contributed by atoms with E-state index in [9.17, 15) is 14.9 Å². The Morgan fingerprint density at radius 1 is 1.29 bits per heavy atom. The number of thiocarbonyl (C=S) groups is 1. The molecule has 1 aromatic heterocycles. The summed E-state index contributed by atoms with van der Waals surface area (Å²) in [6, 6.07) is 9.54. The Morgan fingerprint density at radius 3 is 2.75 bits per heavy atom. The van der Waals surface area contributed by atoms with E-state index >= 15 is 0 Å². The second-order valence-electron chi connectivity index (χ2n) is 6.54. The van der Waals surface area contributed by atoms with E-state index in [4.69, 9.17) is 21.4 Å². The number of benzene rings is 1. The standard InChI is InChI=1S/C19H17N3O5S/c23-18-16(20-19(28)21(18)11-15-2-1-9-26-15)10-14-7-8-17(27-14)12-3-5-13(6-4-12)22(24)25/h3-8,10,15H,1-2,9,11H2,(H,20,28)/b16-10-. The minimum Gasteiger partial charge on any atom is -0.457 e. The first kappa shape index (κ1) is 18.3. The molecule has 2 saturated heterocycles. The van der Waals surface area contributed by atoms with Crippen LogP contribution in [0.2, 0.25) is 0 Å². The number of furan rings is 1. The van der Waals surface area contributed by atoms with Gasteiger partial charge in [-0.2, -0.15) is 0 Å². The smallest absolute Gasteiger partial charge is 0.276 e. The summed E-state index contributed by atoms with van der Waals surface area (Å²) >= 11 is 5.27. The largest absolute Gasteiger partial charge is 0.457 e. The van der Waals surface area contributed by atoms with Gasteiger partial charge in [-0.15, -0.1) is 0 Å². The summed E-state index contributed by atoms with van der Waals surface area (Å²) < 4.78 is 11.3. The molecule has 28 heavy (non-hydrogen) atoms. The molecule has 4 rings (SSSR count). The Kier molecular flexibility index (Phi) is 4.93. The summed E-state index contributed by atoms with van der Waals surface area (Å²) in [6.07, 6.45) is 3.52. The van der Waals surface area contributed by atoms with Crippen LogP contribution in [0.5, 0.6) is 0 Å². The van der Waals surface area contributed by atoms with E-state index < -0.39 is 4.92 Å². The summed E-state index contributed by atoms with van der Waals surface area (Å²) in [7, 11) is 0. The second-order valence-corrected chi connectivity index (χ2v) is 6.93. The highest BCUT2D eigenvalue weighted by molar-refractivity contribution is 7.80. The van der Waals surface area contributed by atoms with Crippen LogP contribution >= 0.6 is 12.2 Å². The number of nitro groups is 1. The maximum Gasteiger partial charge on any atom is 0.276 e. The van der Waals surface area contributed by atoms with Crippen molar-refractivity contribution in [3.63, 3.8) is 0 Å². The quantitative estimate of drug-likeness (QED) is 0.357. The average Bonchev–Trinajstić information content (AvgIpc) is 3.41. The van der Waals surface area contributed by atoms with Crippen molar-refractivity contribution in [2.75, 3.05) is 13.2 Å². The first-order valence-corrected chi connectivity index (χ1v) is 9.23. The van der Waals surface area contributed by atoms with Gasteiger partial charge in [0.25, 0.3) is 11.6 Å². The number of amides is 1. The van der Waals surface area contributed by atoms with Gasteiger partial charge in [-0.3, -0.25) is 19.8 Å². The maximum atomic E-state index is 12.6. The van der Waals surface area contributed by atoms with Crippen LogP contribution in [0.1, 0.15) is 18.6 Å². The maximum absolute atomic E-state index is 12.6. The lowest BCUT2D eigenvalue weighted by molar-refractivity contribution is -0.384. The Bertz CT molecular complexity index is 960. The molecule has 0 radical (unpaired) electrons. The Hall–Kier alpha value is -3.04. The molecule has 2 aromatic rings. The average molecular weight is 399 g/mol. The molecule has 9 heteroatoms. The molecular formula is C19H17N3O5S. The van der Waals surface area contributed by atoms with Crippen LogP contribution < -0.4 is 5.32 Å². The summed E-state index contributed by atoms with van der Waals surface area (Å²) in [5, 5.41) is 14.0. The molecule has 1 amide bonds. The predicted octanol–water partition coefficient (Wildman–Crippen LogP) is 3.09. The van der Waals surface area contributed by atoms with Crippen molar-refractivity contribution >= 4 is 35.0 Å². The zero-order valence-corrected chi connectivity index (χ0v) is 15.6. The molecule has 0 bridgehead atoms. The minimum atomic E-state index is -0.454. The molecule has 1 atom stereocenters. The number of hydrogen-bond acceptors (Lipinski definition) is 6. The van der Waals surface area contributed by atoms with Crippen molar-refractivity contribution in [1.29, 1.82) is 0 Å². The molecule has 1 N–H and O–H groups in total. The lowest BCUT2D eigenvalue weighted by Crippen LogP contribution is -2.37. The molecule has 3 heterocycles. The van der Waals surface area contributed by atoms with E-state index in [2.05, 4.69) is 5.32 Å². The summed E-state index contributed by atoms with van der Waals surface area (Å²) in [4.78, 5) is 24.4. The molecule has 2 aliphatic heterocycles. The third-order valence-electron chi connectivity index (χ3n) is 4.65. The molecule has 0 aliphatic carbocycles. The molecule has 0 saturated carbocycles. The molecule has 8 nitrogen and oxygen atoms in total. The van der Waals surface area contributed by atoms with E-state index in [-0.39, 0.29) is 17.7 Å². The van der Waals surface area contributed by atoms with Crippen LogP contribution in [-0.4, -0.2) is 40.1 Å². The van der Waals surface area contributed by atoms with Gasteiger partial charge < -0.3 is 14.5 Å². The van der Waals surface area contributed by atoms with Gasteiger partial charge in [0.05, 0.1) is 17.6 Å². The van der Waals surface area contributed by atoms with Gasteiger partial charge in [-0.1, -0.05) is 0 Å². The molecule has 2 fully saturated rings. The highest BCUT2D eigenvalue weighted by Gasteiger charge is 2.33. The first-order valence-electron chi connectivity index (χ1n) is 8.82. The lowest BCUT2D eigenvalue weighted by atomic mass is 10.1. The van der Waals surface area contributed by atoms with Gasteiger partial charge in [0.15, 0.2) is 5.11 Å². The minimum absolute atomic E-state index is 0.0123. The van der Waals surface area contributed by atoms with E-state index in [1.54, 1.807) is 30.3 Å². The van der Waals surface area contributed by atoms with Crippen LogP contribution in [0, 0.1) is 10.1 Å². The third kappa shape index (κ3) is 3.67. The normalized spacial score (nSPS) is 20.8. The highest BCUT2D eigenvalue weighted by atomic mass is 32.1. The van der Waals surface area contributed by atoms with Crippen molar-refractivity contribution < 1.29 is 18.9 Å². The van der Waals surface area contributed by atoms with Crippen molar-refractivity contribution in [3.05, 3.63) is 58.0 Å². The Balaban J connectivity index is 1.49. The Morgan fingerprint density at radius 2 is 2.07 bits per heavy atom.